The van der Waals surface area contributed by atoms with Crippen LogP contribution in [0.25, 0.3) is 5.78 Å². The van der Waals surface area contributed by atoms with Crippen LogP contribution in [0.1, 0.15) is 29.9 Å². The molecule has 12 nitrogen and oxygen atoms in total. The van der Waals surface area contributed by atoms with E-state index in [9.17, 15) is 14.7 Å². The van der Waals surface area contributed by atoms with Crippen molar-refractivity contribution in [1.29, 1.82) is 0 Å². The van der Waals surface area contributed by atoms with Crippen LogP contribution in [0, 0.1) is 6.92 Å². The molecule has 0 aromatic carbocycles. The first-order valence-corrected chi connectivity index (χ1v) is 10.2. The molecule has 1 fully saturated rings. The number of fused-ring (bicyclic) bond motifs is 1. The molecule has 0 saturated carbocycles. The molecule has 0 radical (unpaired) electrons. The summed E-state index contributed by atoms with van der Waals surface area (Å²) >= 11 is 0. The Morgan fingerprint density at radius 3 is 2.69 bits per heavy atom. The second-order valence-electron chi connectivity index (χ2n) is 7.47. The van der Waals surface area contributed by atoms with Crippen LogP contribution in [0.4, 0.5) is 16.4 Å². The summed E-state index contributed by atoms with van der Waals surface area (Å²) in [5.74, 6) is 1.11. The Bertz CT molecular complexity index is 1150. The number of amides is 2. The molecule has 0 bridgehead atoms. The Morgan fingerprint density at radius 2 is 2.03 bits per heavy atom. The first kappa shape index (κ1) is 21.3. The van der Waals surface area contributed by atoms with Crippen molar-refractivity contribution in [3.05, 3.63) is 36.0 Å². The number of carboxylic acid groups (broad SMARTS) is 1. The quantitative estimate of drug-likeness (QED) is 0.606. The van der Waals surface area contributed by atoms with Crippen molar-refractivity contribution in [2.24, 2.45) is 0 Å². The van der Waals surface area contributed by atoms with Crippen LogP contribution < -0.4 is 15.0 Å². The van der Waals surface area contributed by atoms with E-state index in [-0.39, 0.29) is 23.3 Å². The normalized spacial score (nSPS) is 16.3. The number of nitrogens with one attached hydrogen (secondary N) is 1. The zero-order chi connectivity index (χ0) is 22.8. The largest absolute Gasteiger partial charge is 0.477 e. The lowest BCUT2D eigenvalue weighted by atomic mass is 10.2. The lowest BCUT2D eigenvalue weighted by molar-refractivity contribution is 0.102. The number of hydrogen-bond acceptors (Lipinski definition) is 8. The van der Waals surface area contributed by atoms with Gasteiger partial charge in [0.2, 0.25) is 11.7 Å². The Kier molecular flexibility index (Phi) is 5.75. The van der Waals surface area contributed by atoms with Crippen molar-refractivity contribution >= 4 is 29.4 Å². The van der Waals surface area contributed by atoms with Gasteiger partial charge in [0.15, 0.2) is 5.82 Å². The van der Waals surface area contributed by atoms with E-state index in [0.29, 0.717) is 37.8 Å². The predicted octanol–water partition coefficient (Wildman–Crippen LogP) is 1.67. The standard InChI is InChI=1S/C20H24N8O4/c1-4-32-18-14(11-27-9-12(2)23-19(27)25-18)17(29)24-15-7-22-16(8-21-15)26-5-6-28(20(30)31)13(3)10-26/h7-9,11,13H,4-6,10H2,1-3H3,(H,30,31)(H,21,24,29). The average molecular weight is 440 g/mol. The second kappa shape index (κ2) is 8.65. The highest BCUT2D eigenvalue weighted by atomic mass is 16.5. The molecule has 2 N–H and O–H groups in total. The molecule has 32 heavy (non-hydrogen) atoms. The third-order valence-corrected chi connectivity index (χ3v) is 5.14. The Labute approximate surface area is 183 Å². The van der Waals surface area contributed by atoms with E-state index in [0.717, 1.165) is 5.69 Å². The summed E-state index contributed by atoms with van der Waals surface area (Å²) in [6.07, 6.45) is 5.49. The minimum absolute atomic E-state index is 0.159. The van der Waals surface area contributed by atoms with Gasteiger partial charge in [0.1, 0.15) is 11.4 Å². The molecule has 1 aliphatic heterocycles. The number of anilines is 2. The SMILES string of the molecule is CCOc1nc2nc(C)cn2cc1C(=O)Nc1cnc(N2CCN(C(=O)O)C(C)C2)cn1. The molecule has 0 aliphatic carbocycles. The number of aryl methyl sites for hydroxylation is 1. The van der Waals surface area contributed by atoms with Gasteiger partial charge < -0.3 is 25.0 Å². The van der Waals surface area contributed by atoms with Crippen molar-refractivity contribution in [3.8, 4) is 5.88 Å². The number of ether oxygens (including phenoxy) is 1. The molecule has 1 unspecified atom stereocenters. The van der Waals surface area contributed by atoms with E-state index in [1.807, 2.05) is 25.7 Å². The first-order valence-electron chi connectivity index (χ1n) is 10.2. The molecule has 2 amide bonds. The number of rotatable bonds is 5. The van der Waals surface area contributed by atoms with Gasteiger partial charge in [-0.15, -0.1) is 0 Å². The molecular weight excluding hydrogens is 416 g/mol. The highest BCUT2D eigenvalue weighted by Crippen LogP contribution is 2.20. The number of aromatic nitrogens is 5. The van der Waals surface area contributed by atoms with Crippen LogP contribution in [-0.2, 0) is 0 Å². The summed E-state index contributed by atoms with van der Waals surface area (Å²) in [6.45, 7) is 7.28. The van der Waals surface area contributed by atoms with E-state index < -0.39 is 12.0 Å². The molecule has 168 valence electrons. The fraction of sp³-hybridized carbons (Fsp3) is 0.400. The topological polar surface area (TPSA) is 138 Å². The van der Waals surface area contributed by atoms with Gasteiger partial charge in [0.05, 0.1) is 24.7 Å². The Morgan fingerprint density at radius 1 is 1.22 bits per heavy atom. The van der Waals surface area contributed by atoms with Crippen LogP contribution >= 0.6 is 0 Å². The van der Waals surface area contributed by atoms with Gasteiger partial charge in [0, 0.05) is 38.1 Å². The maximum Gasteiger partial charge on any atom is 0.407 e. The van der Waals surface area contributed by atoms with Crippen molar-refractivity contribution in [2.45, 2.75) is 26.8 Å². The van der Waals surface area contributed by atoms with Gasteiger partial charge in [-0.2, -0.15) is 4.98 Å². The first-order chi connectivity index (χ1) is 15.4. The zero-order valence-electron chi connectivity index (χ0n) is 18.0. The predicted molar refractivity (Wildman–Crippen MR) is 115 cm³/mol. The highest BCUT2D eigenvalue weighted by molar-refractivity contribution is 6.05. The third kappa shape index (κ3) is 4.24. The lowest BCUT2D eigenvalue weighted by Gasteiger charge is -2.38. The number of imidazole rings is 1. The monoisotopic (exact) mass is 440 g/mol. The lowest BCUT2D eigenvalue weighted by Crippen LogP contribution is -2.53. The smallest absolute Gasteiger partial charge is 0.407 e. The van der Waals surface area contributed by atoms with Gasteiger partial charge in [0.25, 0.3) is 5.91 Å². The van der Waals surface area contributed by atoms with E-state index in [1.54, 1.807) is 23.0 Å². The molecule has 4 rings (SSSR count). The minimum Gasteiger partial charge on any atom is -0.477 e. The number of piperazine rings is 1. The fourth-order valence-electron chi connectivity index (χ4n) is 3.61. The molecule has 0 spiro atoms. The zero-order valence-corrected chi connectivity index (χ0v) is 18.0. The van der Waals surface area contributed by atoms with Gasteiger partial charge in [-0.3, -0.25) is 9.20 Å². The maximum absolute atomic E-state index is 12.9. The van der Waals surface area contributed by atoms with E-state index >= 15 is 0 Å². The number of hydrogen-bond donors (Lipinski definition) is 2. The van der Waals surface area contributed by atoms with Gasteiger partial charge in [-0.1, -0.05) is 0 Å². The molecule has 3 aromatic heterocycles. The summed E-state index contributed by atoms with van der Waals surface area (Å²) in [4.78, 5) is 44.8. The summed E-state index contributed by atoms with van der Waals surface area (Å²) < 4.78 is 7.20. The number of carbonyl (C=O) groups excluding carboxylic acids is 1. The fourth-order valence-corrected chi connectivity index (χ4v) is 3.61. The maximum atomic E-state index is 12.9. The molecular formula is C20H24N8O4. The van der Waals surface area contributed by atoms with Crippen LogP contribution in [0.2, 0.25) is 0 Å². The van der Waals surface area contributed by atoms with E-state index in [1.165, 1.54) is 11.1 Å². The van der Waals surface area contributed by atoms with Crippen molar-refractivity contribution in [2.75, 3.05) is 36.5 Å². The minimum atomic E-state index is -0.925. The van der Waals surface area contributed by atoms with Crippen LogP contribution in [0.3, 0.4) is 0 Å². The summed E-state index contributed by atoms with van der Waals surface area (Å²) in [5.41, 5.74) is 1.03. The van der Waals surface area contributed by atoms with Crippen molar-refractivity contribution in [3.63, 3.8) is 0 Å². The summed E-state index contributed by atoms with van der Waals surface area (Å²) in [6, 6.07) is -0.159. The van der Waals surface area contributed by atoms with Crippen LogP contribution in [0.5, 0.6) is 5.88 Å². The van der Waals surface area contributed by atoms with Crippen LogP contribution in [0.15, 0.2) is 24.8 Å². The van der Waals surface area contributed by atoms with Gasteiger partial charge in [-0.05, 0) is 20.8 Å². The molecule has 1 saturated heterocycles. The molecule has 1 aliphatic rings. The summed E-state index contributed by atoms with van der Waals surface area (Å²) in [5, 5.41) is 11.9. The third-order valence-electron chi connectivity index (χ3n) is 5.14. The molecule has 1 atom stereocenters. The van der Waals surface area contributed by atoms with Crippen molar-refractivity contribution in [1.82, 2.24) is 29.2 Å². The van der Waals surface area contributed by atoms with Gasteiger partial charge in [-0.25, -0.2) is 19.7 Å². The average Bonchev–Trinajstić information content (AvgIpc) is 3.12. The summed E-state index contributed by atoms with van der Waals surface area (Å²) in [7, 11) is 0. The van der Waals surface area contributed by atoms with Gasteiger partial charge >= 0.3 is 6.09 Å². The van der Waals surface area contributed by atoms with E-state index in [2.05, 4.69) is 25.3 Å². The molecule has 3 aromatic rings. The second-order valence-corrected chi connectivity index (χ2v) is 7.47. The molecule has 4 heterocycles. The Balaban J connectivity index is 1.48. The highest BCUT2D eigenvalue weighted by Gasteiger charge is 2.28. The number of carbonyl (C=O) groups is 2. The van der Waals surface area contributed by atoms with E-state index in [4.69, 9.17) is 4.74 Å². The van der Waals surface area contributed by atoms with Crippen LogP contribution in [-0.4, -0.2) is 78.6 Å². The Hall–Kier alpha value is -3.96. The molecule has 12 heteroatoms. The van der Waals surface area contributed by atoms with Crippen molar-refractivity contribution < 1.29 is 19.4 Å². The number of nitrogens with zero attached hydrogens (tertiary/aromatic N) is 7.